The molecule has 0 aliphatic heterocycles. The summed E-state index contributed by atoms with van der Waals surface area (Å²) in [4.78, 5) is 32.5. The van der Waals surface area contributed by atoms with Crippen molar-refractivity contribution >= 4 is 23.6 Å². The van der Waals surface area contributed by atoms with E-state index in [0.717, 1.165) is 12.8 Å². The molecule has 1 aliphatic rings. The minimum atomic E-state index is -0.533. The van der Waals surface area contributed by atoms with Gasteiger partial charge >= 0.3 is 0 Å². The van der Waals surface area contributed by atoms with E-state index in [9.17, 15) is 19.7 Å². The maximum absolute atomic E-state index is 11.5. The molecule has 0 spiro atoms. The second-order valence-corrected chi connectivity index (χ2v) is 5.02. The third-order valence-corrected chi connectivity index (χ3v) is 3.19. The standard InChI is InChI=1S/C14H17N3O4/c18-9-10-3-6-12(13(8-10)17(20)21)15-7-1-2-14(19)16-11-4-5-11/h3,6,8-9,11,15H,1-2,4-5,7H2,(H,16,19). The smallest absolute Gasteiger partial charge is 0.293 e. The van der Waals surface area contributed by atoms with Gasteiger partial charge in [0, 0.05) is 30.6 Å². The zero-order valence-electron chi connectivity index (χ0n) is 11.5. The van der Waals surface area contributed by atoms with Gasteiger partial charge in [0.1, 0.15) is 12.0 Å². The molecule has 7 nitrogen and oxygen atoms in total. The number of carbonyl (C=O) groups is 2. The summed E-state index contributed by atoms with van der Waals surface area (Å²) in [7, 11) is 0. The lowest BCUT2D eigenvalue weighted by Crippen LogP contribution is -2.25. The molecule has 0 heterocycles. The Balaban J connectivity index is 1.82. The van der Waals surface area contributed by atoms with Gasteiger partial charge in [0.2, 0.25) is 5.91 Å². The molecular weight excluding hydrogens is 274 g/mol. The van der Waals surface area contributed by atoms with Crippen LogP contribution in [0.15, 0.2) is 18.2 Å². The minimum Gasteiger partial charge on any atom is -0.379 e. The van der Waals surface area contributed by atoms with Crippen LogP contribution in [-0.2, 0) is 4.79 Å². The van der Waals surface area contributed by atoms with Crippen LogP contribution >= 0.6 is 0 Å². The fourth-order valence-corrected chi connectivity index (χ4v) is 1.92. The Morgan fingerprint density at radius 3 is 2.81 bits per heavy atom. The lowest BCUT2D eigenvalue weighted by Gasteiger charge is -2.07. The number of nitrogens with one attached hydrogen (secondary N) is 2. The highest BCUT2D eigenvalue weighted by Crippen LogP contribution is 2.25. The zero-order valence-corrected chi connectivity index (χ0v) is 11.5. The first kappa shape index (κ1) is 15.0. The maximum atomic E-state index is 11.5. The molecule has 1 amide bonds. The molecule has 21 heavy (non-hydrogen) atoms. The van der Waals surface area contributed by atoms with Gasteiger partial charge in [0.25, 0.3) is 5.69 Å². The Morgan fingerprint density at radius 1 is 1.43 bits per heavy atom. The molecule has 1 aromatic rings. The van der Waals surface area contributed by atoms with Crippen LogP contribution in [0.25, 0.3) is 0 Å². The molecule has 1 aliphatic carbocycles. The lowest BCUT2D eigenvalue weighted by molar-refractivity contribution is -0.384. The number of nitro groups is 1. The summed E-state index contributed by atoms with van der Waals surface area (Å²) in [6.45, 7) is 0.458. The lowest BCUT2D eigenvalue weighted by atomic mass is 10.2. The van der Waals surface area contributed by atoms with Crippen molar-refractivity contribution in [2.45, 2.75) is 31.7 Å². The Morgan fingerprint density at radius 2 is 2.19 bits per heavy atom. The summed E-state index contributed by atoms with van der Waals surface area (Å²) in [5.41, 5.74) is 0.478. The van der Waals surface area contributed by atoms with Crippen LogP contribution in [0.3, 0.4) is 0 Å². The normalized spacial score (nSPS) is 13.5. The number of hydrogen-bond acceptors (Lipinski definition) is 5. The van der Waals surface area contributed by atoms with Crippen LogP contribution in [0, 0.1) is 10.1 Å². The molecule has 0 aromatic heterocycles. The van der Waals surface area contributed by atoms with Gasteiger partial charge < -0.3 is 10.6 Å². The number of hydrogen-bond donors (Lipinski definition) is 2. The van der Waals surface area contributed by atoms with Crippen molar-refractivity contribution in [3.8, 4) is 0 Å². The second kappa shape index (κ2) is 6.83. The predicted octanol–water partition coefficient (Wildman–Crippen LogP) is 1.88. The number of rotatable bonds is 8. The number of anilines is 1. The van der Waals surface area contributed by atoms with E-state index in [-0.39, 0.29) is 17.2 Å². The van der Waals surface area contributed by atoms with Crippen molar-refractivity contribution in [3.63, 3.8) is 0 Å². The van der Waals surface area contributed by atoms with Crippen LogP contribution in [0.2, 0.25) is 0 Å². The molecule has 0 atom stereocenters. The first-order valence-electron chi connectivity index (χ1n) is 6.87. The molecule has 1 saturated carbocycles. The van der Waals surface area contributed by atoms with Crippen molar-refractivity contribution in [1.29, 1.82) is 0 Å². The highest BCUT2D eigenvalue weighted by atomic mass is 16.6. The number of carbonyl (C=O) groups excluding carboxylic acids is 2. The molecular formula is C14H17N3O4. The summed E-state index contributed by atoms with van der Waals surface area (Å²) in [6, 6.07) is 4.60. The molecule has 0 bridgehead atoms. The van der Waals surface area contributed by atoms with E-state index in [1.165, 1.54) is 18.2 Å². The molecule has 0 unspecified atom stereocenters. The molecule has 7 heteroatoms. The van der Waals surface area contributed by atoms with Crippen LogP contribution in [0.4, 0.5) is 11.4 Å². The van der Waals surface area contributed by atoms with Gasteiger partial charge in [-0.1, -0.05) is 0 Å². The van der Waals surface area contributed by atoms with Crippen molar-refractivity contribution < 1.29 is 14.5 Å². The molecule has 0 saturated heterocycles. The second-order valence-electron chi connectivity index (χ2n) is 5.02. The fraction of sp³-hybridized carbons (Fsp3) is 0.429. The van der Waals surface area contributed by atoms with E-state index in [1.54, 1.807) is 0 Å². The van der Waals surface area contributed by atoms with E-state index < -0.39 is 4.92 Å². The van der Waals surface area contributed by atoms with Crippen molar-refractivity contribution in [2.75, 3.05) is 11.9 Å². The van der Waals surface area contributed by atoms with Crippen LogP contribution in [-0.4, -0.2) is 29.7 Å². The van der Waals surface area contributed by atoms with Crippen LogP contribution in [0.1, 0.15) is 36.0 Å². The van der Waals surface area contributed by atoms with E-state index in [2.05, 4.69) is 10.6 Å². The Bertz CT molecular complexity index is 555. The Labute approximate surface area is 121 Å². The Kier molecular flexibility index (Phi) is 4.86. The maximum Gasteiger partial charge on any atom is 0.293 e. The first-order chi connectivity index (χ1) is 10.1. The zero-order chi connectivity index (χ0) is 15.2. The molecule has 112 valence electrons. The molecule has 2 rings (SSSR count). The van der Waals surface area contributed by atoms with Crippen molar-refractivity contribution in [3.05, 3.63) is 33.9 Å². The summed E-state index contributed by atoms with van der Waals surface area (Å²) in [5, 5.41) is 16.8. The van der Waals surface area contributed by atoms with Gasteiger partial charge in [-0.3, -0.25) is 19.7 Å². The predicted molar refractivity (Wildman–Crippen MR) is 77.4 cm³/mol. The summed E-state index contributed by atoms with van der Waals surface area (Å²) >= 11 is 0. The average molecular weight is 291 g/mol. The summed E-state index contributed by atoms with van der Waals surface area (Å²) < 4.78 is 0. The van der Waals surface area contributed by atoms with Gasteiger partial charge in [0.15, 0.2) is 0 Å². The van der Waals surface area contributed by atoms with Gasteiger partial charge in [-0.05, 0) is 31.4 Å². The van der Waals surface area contributed by atoms with E-state index in [4.69, 9.17) is 0 Å². The average Bonchev–Trinajstić information content (AvgIpc) is 3.27. The third-order valence-electron chi connectivity index (χ3n) is 3.19. The number of aldehydes is 1. The third kappa shape index (κ3) is 4.55. The summed E-state index contributed by atoms with van der Waals surface area (Å²) in [5.74, 6) is 0.0186. The number of nitro benzene ring substituents is 1. The Hall–Kier alpha value is -2.44. The van der Waals surface area contributed by atoms with Crippen molar-refractivity contribution in [2.24, 2.45) is 0 Å². The summed E-state index contributed by atoms with van der Waals surface area (Å²) in [6.07, 6.45) is 3.66. The molecule has 2 N–H and O–H groups in total. The SMILES string of the molecule is O=Cc1ccc(NCCCC(=O)NC2CC2)c([N+](=O)[O-])c1. The van der Waals surface area contributed by atoms with Gasteiger partial charge in [-0.25, -0.2) is 0 Å². The highest BCUT2D eigenvalue weighted by Gasteiger charge is 2.22. The van der Waals surface area contributed by atoms with E-state index >= 15 is 0 Å². The fourth-order valence-electron chi connectivity index (χ4n) is 1.92. The topological polar surface area (TPSA) is 101 Å². The highest BCUT2D eigenvalue weighted by molar-refractivity contribution is 5.79. The molecule has 1 aromatic carbocycles. The van der Waals surface area contributed by atoms with Gasteiger partial charge in [-0.15, -0.1) is 0 Å². The molecule has 0 radical (unpaired) electrons. The van der Waals surface area contributed by atoms with Crippen LogP contribution < -0.4 is 10.6 Å². The van der Waals surface area contributed by atoms with E-state index in [1.807, 2.05) is 0 Å². The van der Waals surface area contributed by atoms with Gasteiger partial charge in [-0.2, -0.15) is 0 Å². The quantitative estimate of drug-likeness (QED) is 0.329. The van der Waals surface area contributed by atoms with E-state index in [0.29, 0.717) is 37.4 Å². The largest absolute Gasteiger partial charge is 0.379 e. The van der Waals surface area contributed by atoms with Crippen molar-refractivity contribution in [1.82, 2.24) is 5.32 Å². The first-order valence-corrected chi connectivity index (χ1v) is 6.87. The van der Waals surface area contributed by atoms with Crippen LogP contribution in [0.5, 0.6) is 0 Å². The number of nitrogens with zero attached hydrogens (tertiary/aromatic N) is 1. The number of benzene rings is 1. The van der Waals surface area contributed by atoms with Gasteiger partial charge in [0.05, 0.1) is 4.92 Å². The number of amides is 1. The minimum absolute atomic E-state index is 0.0186. The monoisotopic (exact) mass is 291 g/mol. The molecule has 1 fully saturated rings.